The van der Waals surface area contributed by atoms with E-state index >= 15 is 0 Å². The topological polar surface area (TPSA) is 54.4 Å². The van der Waals surface area contributed by atoms with E-state index in [0.717, 1.165) is 38.4 Å². The summed E-state index contributed by atoms with van der Waals surface area (Å²) < 4.78 is 0. The van der Waals surface area contributed by atoms with Gasteiger partial charge in [0.15, 0.2) is 5.78 Å². The predicted octanol–water partition coefficient (Wildman–Crippen LogP) is 3.94. The number of fused-ring (bicyclic) bond motifs is 5. The van der Waals surface area contributed by atoms with Crippen molar-refractivity contribution in [3.05, 3.63) is 11.6 Å². The van der Waals surface area contributed by atoms with Gasteiger partial charge in [0.25, 0.3) is 0 Å². The number of rotatable bonds is 2. The molecule has 3 nitrogen and oxygen atoms in total. The molecule has 4 rings (SSSR count). The molecule has 1 unspecified atom stereocenters. The van der Waals surface area contributed by atoms with Crippen LogP contribution in [-0.4, -0.2) is 23.3 Å². The summed E-state index contributed by atoms with van der Waals surface area (Å²) in [7, 11) is 0. The molecular weight excluding hydrogens is 312 g/mol. The lowest BCUT2D eigenvalue weighted by molar-refractivity contribution is -0.126. The van der Waals surface area contributed by atoms with Crippen molar-refractivity contribution >= 4 is 12.1 Å². The number of hydrogen-bond donors (Lipinski definition) is 1. The van der Waals surface area contributed by atoms with Crippen molar-refractivity contribution in [3.63, 3.8) is 0 Å². The molecule has 0 aromatic rings. The van der Waals surface area contributed by atoms with Crippen LogP contribution in [0.4, 0.5) is 0 Å². The van der Waals surface area contributed by atoms with Crippen LogP contribution in [0.5, 0.6) is 0 Å². The molecule has 3 fully saturated rings. The third-order valence-electron chi connectivity index (χ3n) is 8.91. The maximum absolute atomic E-state index is 11.9. The van der Waals surface area contributed by atoms with Crippen LogP contribution in [0.3, 0.4) is 0 Å². The number of ketones is 1. The Bertz CT molecular complexity index is 623. The summed E-state index contributed by atoms with van der Waals surface area (Å²) in [4.78, 5) is 23.4. The van der Waals surface area contributed by atoms with E-state index in [1.54, 1.807) is 0 Å². The Kier molecular flexibility index (Phi) is 4.03. The second-order valence-electron chi connectivity index (χ2n) is 9.84. The van der Waals surface area contributed by atoms with Gasteiger partial charge in [-0.3, -0.25) is 4.79 Å². The molecule has 4 aliphatic rings. The highest BCUT2D eigenvalue weighted by Crippen LogP contribution is 2.67. The lowest BCUT2D eigenvalue weighted by Crippen LogP contribution is -2.55. The van der Waals surface area contributed by atoms with Crippen molar-refractivity contribution in [1.82, 2.24) is 0 Å². The fourth-order valence-electron chi connectivity index (χ4n) is 7.53. The van der Waals surface area contributed by atoms with E-state index in [0.29, 0.717) is 36.5 Å². The Balaban J connectivity index is 1.69. The maximum atomic E-state index is 11.9. The molecule has 0 spiro atoms. The lowest BCUT2D eigenvalue weighted by Gasteiger charge is -2.59. The normalized spacial score (nSPS) is 50.3. The van der Waals surface area contributed by atoms with Gasteiger partial charge < -0.3 is 9.90 Å². The van der Waals surface area contributed by atoms with Crippen molar-refractivity contribution in [2.24, 2.45) is 40.4 Å². The smallest absolute Gasteiger partial charge is 0.155 e. The molecule has 0 aromatic carbocycles. The first-order valence-electron chi connectivity index (χ1n) is 10.2. The molecule has 0 heterocycles. The summed E-state index contributed by atoms with van der Waals surface area (Å²) in [6, 6.07) is 0. The molecule has 0 saturated heterocycles. The van der Waals surface area contributed by atoms with Gasteiger partial charge in [-0.25, -0.2) is 0 Å². The number of carbonyl (C=O) groups is 2. The second kappa shape index (κ2) is 5.77. The van der Waals surface area contributed by atoms with Crippen LogP contribution in [-0.2, 0) is 9.59 Å². The summed E-state index contributed by atoms with van der Waals surface area (Å²) in [6.45, 7) is 6.80. The molecule has 3 saturated carbocycles. The van der Waals surface area contributed by atoms with Crippen LogP contribution in [0, 0.1) is 40.4 Å². The molecule has 3 heteroatoms. The third-order valence-corrected chi connectivity index (χ3v) is 8.91. The van der Waals surface area contributed by atoms with Crippen LogP contribution in [0.1, 0.15) is 65.7 Å². The first-order chi connectivity index (χ1) is 11.8. The van der Waals surface area contributed by atoms with E-state index in [4.69, 9.17) is 0 Å². The fourth-order valence-corrected chi connectivity index (χ4v) is 7.53. The third kappa shape index (κ3) is 2.34. The van der Waals surface area contributed by atoms with Gasteiger partial charge in [-0.15, -0.1) is 0 Å². The molecule has 0 aliphatic heterocycles. The molecule has 138 valence electrons. The molecule has 0 amide bonds. The van der Waals surface area contributed by atoms with Crippen molar-refractivity contribution in [1.29, 1.82) is 0 Å². The summed E-state index contributed by atoms with van der Waals surface area (Å²) >= 11 is 0. The minimum atomic E-state index is -0.329. The maximum Gasteiger partial charge on any atom is 0.155 e. The molecule has 25 heavy (non-hydrogen) atoms. The zero-order valence-electron chi connectivity index (χ0n) is 15.8. The Morgan fingerprint density at radius 2 is 1.96 bits per heavy atom. The van der Waals surface area contributed by atoms with Crippen LogP contribution >= 0.6 is 0 Å². The Labute approximate surface area is 151 Å². The molecule has 1 N–H and O–H groups in total. The molecule has 4 aliphatic carbocycles. The summed E-state index contributed by atoms with van der Waals surface area (Å²) in [5.74, 6) is 2.15. The van der Waals surface area contributed by atoms with Gasteiger partial charge in [0.2, 0.25) is 0 Å². The zero-order valence-corrected chi connectivity index (χ0v) is 15.8. The number of hydrogen-bond acceptors (Lipinski definition) is 3. The summed E-state index contributed by atoms with van der Waals surface area (Å²) in [5, 5.41) is 11.1. The van der Waals surface area contributed by atoms with Gasteiger partial charge in [-0.05, 0) is 79.1 Å². The number of carbonyl (C=O) groups excluding carboxylic acids is 2. The Morgan fingerprint density at radius 3 is 2.68 bits per heavy atom. The monoisotopic (exact) mass is 344 g/mol. The van der Waals surface area contributed by atoms with E-state index in [-0.39, 0.29) is 28.6 Å². The largest absolute Gasteiger partial charge is 0.392 e. The van der Waals surface area contributed by atoms with Crippen molar-refractivity contribution in [2.75, 3.05) is 0 Å². The molecule has 0 radical (unpaired) electrons. The van der Waals surface area contributed by atoms with Gasteiger partial charge in [0.1, 0.15) is 6.29 Å². The Morgan fingerprint density at radius 1 is 1.20 bits per heavy atom. The summed E-state index contributed by atoms with van der Waals surface area (Å²) in [5.41, 5.74) is 1.48. The fraction of sp³-hybridized carbons (Fsp3) is 0.818. The van der Waals surface area contributed by atoms with Crippen molar-refractivity contribution in [2.45, 2.75) is 71.8 Å². The molecule has 0 bridgehead atoms. The first kappa shape index (κ1) is 17.5. The molecular formula is C22H32O3. The highest BCUT2D eigenvalue weighted by molar-refractivity contribution is 5.91. The van der Waals surface area contributed by atoms with E-state index in [1.165, 1.54) is 5.57 Å². The SMILES string of the molecule is CC(C=O)[C@H]1CC[C@H]2[C@@H]3[C@H](O)CC4=CC(=O)CC[C@]4(C)[C@H]3CC[C@]12C. The number of aliphatic hydroxyl groups excluding tert-OH is 1. The minimum absolute atomic E-state index is 0.0908. The minimum Gasteiger partial charge on any atom is -0.392 e. The van der Waals surface area contributed by atoms with Crippen molar-refractivity contribution in [3.8, 4) is 0 Å². The second-order valence-corrected chi connectivity index (χ2v) is 9.84. The predicted molar refractivity (Wildman–Crippen MR) is 96.8 cm³/mol. The van der Waals surface area contributed by atoms with Gasteiger partial charge >= 0.3 is 0 Å². The van der Waals surface area contributed by atoms with Gasteiger partial charge in [-0.2, -0.15) is 0 Å². The molecule has 8 atom stereocenters. The highest BCUT2D eigenvalue weighted by Gasteiger charge is 2.61. The van der Waals surface area contributed by atoms with E-state index in [2.05, 4.69) is 20.8 Å². The van der Waals surface area contributed by atoms with E-state index in [1.807, 2.05) is 6.08 Å². The van der Waals surface area contributed by atoms with Crippen LogP contribution < -0.4 is 0 Å². The van der Waals surface area contributed by atoms with Gasteiger partial charge in [0, 0.05) is 12.3 Å². The van der Waals surface area contributed by atoms with Gasteiger partial charge in [-0.1, -0.05) is 26.3 Å². The van der Waals surface area contributed by atoms with E-state index in [9.17, 15) is 14.7 Å². The quantitative estimate of drug-likeness (QED) is 0.772. The van der Waals surface area contributed by atoms with Crippen molar-refractivity contribution < 1.29 is 14.7 Å². The molecule has 0 aromatic heterocycles. The highest BCUT2D eigenvalue weighted by atomic mass is 16.3. The Hall–Kier alpha value is -0.960. The van der Waals surface area contributed by atoms with Crippen LogP contribution in [0.2, 0.25) is 0 Å². The average molecular weight is 344 g/mol. The first-order valence-corrected chi connectivity index (χ1v) is 10.2. The average Bonchev–Trinajstić information content (AvgIpc) is 2.93. The van der Waals surface area contributed by atoms with Crippen LogP contribution in [0.15, 0.2) is 11.6 Å². The standard InChI is InChI=1S/C22H32O3/c1-13(12-23)16-4-5-17-20-18(7-9-22(16,17)3)21(2)8-6-15(24)10-14(21)11-19(20)25/h10,12-13,16-20,25H,4-9,11H2,1-3H3/t13?,16-,17+,18+,19-,20+,21+,22-/m1/s1. The summed E-state index contributed by atoms with van der Waals surface area (Å²) in [6.07, 6.45) is 9.48. The zero-order chi connectivity index (χ0) is 18.0. The lowest BCUT2D eigenvalue weighted by atomic mass is 9.46. The van der Waals surface area contributed by atoms with Gasteiger partial charge in [0.05, 0.1) is 6.10 Å². The van der Waals surface area contributed by atoms with Crippen LogP contribution in [0.25, 0.3) is 0 Å². The van der Waals surface area contributed by atoms with E-state index < -0.39 is 0 Å². The number of aldehydes is 1. The number of aliphatic hydroxyl groups is 1.